The highest BCUT2D eigenvalue weighted by molar-refractivity contribution is 6.31. The first kappa shape index (κ1) is 15.3. The Morgan fingerprint density at radius 3 is 2.83 bits per heavy atom. The van der Waals surface area contributed by atoms with Crippen LogP contribution in [0.25, 0.3) is 10.9 Å². The van der Waals surface area contributed by atoms with Gasteiger partial charge in [0, 0.05) is 48.4 Å². The van der Waals surface area contributed by atoms with Gasteiger partial charge >= 0.3 is 0 Å². The molecule has 3 aromatic rings. The van der Waals surface area contributed by atoms with Crippen molar-refractivity contribution in [3.63, 3.8) is 0 Å². The number of amides is 1. The van der Waals surface area contributed by atoms with E-state index in [4.69, 9.17) is 11.6 Å². The molecule has 4 rings (SSSR count). The Kier molecular flexibility index (Phi) is 3.81. The van der Waals surface area contributed by atoms with E-state index < -0.39 is 0 Å². The number of aromatic nitrogens is 1. The van der Waals surface area contributed by atoms with Gasteiger partial charge in [0.15, 0.2) is 0 Å². The zero-order valence-corrected chi connectivity index (χ0v) is 14.3. The van der Waals surface area contributed by atoms with Crippen LogP contribution in [0.2, 0.25) is 5.02 Å². The normalized spacial score (nSPS) is 17.6. The molecule has 122 valence electrons. The van der Waals surface area contributed by atoms with E-state index in [9.17, 15) is 4.79 Å². The summed E-state index contributed by atoms with van der Waals surface area (Å²) in [5.41, 5.74) is 2.99. The summed E-state index contributed by atoms with van der Waals surface area (Å²) < 4.78 is 2.04. The van der Waals surface area contributed by atoms with Crippen LogP contribution < -0.4 is 0 Å². The van der Waals surface area contributed by atoms with Crippen LogP contribution in [0.4, 0.5) is 0 Å². The Labute approximate surface area is 146 Å². The maximum atomic E-state index is 12.9. The third-order valence-corrected chi connectivity index (χ3v) is 5.30. The molecule has 1 aliphatic heterocycles. The minimum Gasteiger partial charge on any atom is -0.351 e. The van der Waals surface area contributed by atoms with Gasteiger partial charge in [0.1, 0.15) is 0 Å². The first-order valence-corrected chi connectivity index (χ1v) is 8.60. The van der Waals surface area contributed by atoms with Gasteiger partial charge in [0.05, 0.1) is 0 Å². The predicted molar refractivity (Wildman–Crippen MR) is 97.6 cm³/mol. The molecule has 1 amide bonds. The molecule has 1 atom stereocenters. The highest BCUT2D eigenvalue weighted by Gasteiger charge is 2.29. The smallest absolute Gasteiger partial charge is 0.253 e. The van der Waals surface area contributed by atoms with Gasteiger partial charge < -0.3 is 9.47 Å². The van der Waals surface area contributed by atoms with Crippen LogP contribution in [0, 0.1) is 0 Å². The third kappa shape index (κ3) is 2.59. The summed E-state index contributed by atoms with van der Waals surface area (Å²) in [6.45, 7) is 1.51. The van der Waals surface area contributed by atoms with Crippen LogP contribution in [-0.4, -0.2) is 28.5 Å². The lowest BCUT2D eigenvalue weighted by Gasteiger charge is -2.17. The number of halogens is 1. The molecule has 2 heterocycles. The van der Waals surface area contributed by atoms with Gasteiger partial charge in [-0.3, -0.25) is 4.79 Å². The molecule has 1 saturated heterocycles. The van der Waals surface area contributed by atoms with E-state index in [2.05, 4.69) is 12.1 Å². The number of carbonyl (C=O) groups excluding carboxylic acids is 1. The second-order valence-electron chi connectivity index (χ2n) is 6.46. The number of likely N-dealkylation sites (tertiary alicyclic amines) is 1. The summed E-state index contributed by atoms with van der Waals surface area (Å²) in [4.78, 5) is 14.8. The van der Waals surface area contributed by atoms with Crippen molar-refractivity contribution >= 4 is 28.4 Å². The predicted octanol–water partition coefficient (Wildman–Crippen LogP) is 4.46. The van der Waals surface area contributed by atoms with Crippen molar-refractivity contribution in [1.82, 2.24) is 9.47 Å². The van der Waals surface area contributed by atoms with Crippen LogP contribution in [0.1, 0.15) is 28.3 Å². The first-order chi connectivity index (χ1) is 11.6. The molecule has 0 N–H and O–H groups in total. The highest BCUT2D eigenvalue weighted by atomic mass is 35.5. The van der Waals surface area contributed by atoms with Gasteiger partial charge in [-0.05, 0) is 41.6 Å². The molecule has 4 heteroatoms. The molecule has 0 radical (unpaired) electrons. The second-order valence-corrected chi connectivity index (χ2v) is 6.87. The Hall–Kier alpha value is -2.26. The maximum Gasteiger partial charge on any atom is 0.253 e. The quantitative estimate of drug-likeness (QED) is 0.677. The highest BCUT2D eigenvalue weighted by Crippen LogP contribution is 2.32. The fraction of sp³-hybridized carbons (Fsp3) is 0.250. The fourth-order valence-corrected chi connectivity index (χ4v) is 3.87. The van der Waals surface area contributed by atoms with E-state index in [1.165, 1.54) is 0 Å². The van der Waals surface area contributed by atoms with Crippen LogP contribution in [0.5, 0.6) is 0 Å². The van der Waals surface area contributed by atoms with Crippen molar-refractivity contribution in [2.75, 3.05) is 13.1 Å². The third-order valence-electron chi connectivity index (χ3n) is 4.96. The van der Waals surface area contributed by atoms with Crippen molar-refractivity contribution in [3.8, 4) is 0 Å². The standard InChI is InChI=1S/C20H19ClN2O/c1-22-10-8-14-6-7-15(12-19(14)22)20(24)23-11-9-16(13-23)17-4-2-3-5-18(17)21/h2-8,10,12,16H,9,11,13H2,1H3/t16-/m1/s1. The number of hydrogen-bond acceptors (Lipinski definition) is 1. The first-order valence-electron chi connectivity index (χ1n) is 8.22. The van der Waals surface area contributed by atoms with Crippen LogP contribution in [-0.2, 0) is 7.05 Å². The van der Waals surface area contributed by atoms with E-state index in [1.807, 2.05) is 59.1 Å². The van der Waals surface area contributed by atoms with Gasteiger partial charge in [0.25, 0.3) is 5.91 Å². The van der Waals surface area contributed by atoms with Crippen LogP contribution >= 0.6 is 11.6 Å². The van der Waals surface area contributed by atoms with E-state index in [0.717, 1.165) is 46.6 Å². The zero-order chi connectivity index (χ0) is 16.7. The van der Waals surface area contributed by atoms with E-state index in [-0.39, 0.29) is 5.91 Å². The Balaban J connectivity index is 1.56. The molecule has 1 aromatic heterocycles. The van der Waals surface area contributed by atoms with Crippen molar-refractivity contribution in [3.05, 3.63) is 70.9 Å². The average Bonchev–Trinajstić information content (AvgIpc) is 3.22. The molecule has 2 aromatic carbocycles. The van der Waals surface area contributed by atoms with Crippen molar-refractivity contribution in [2.45, 2.75) is 12.3 Å². The topological polar surface area (TPSA) is 25.2 Å². The van der Waals surface area contributed by atoms with E-state index >= 15 is 0 Å². The zero-order valence-electron chi connectivity index (χ0n) is 13.6. The van der Waals surface area contributed by atoms with Gasteiger partial charge in [-0.15, -0.1) is 0 Å². The second kappa shape index (κ2) is 5.99. The average molecular weight is 339 g/mol. The Morgan fingerprint density at radius 1 is 1.17 bits per heavy atom. The molecule has 0 spiro atoms. The van der Waals surface area contributed by atoms with Gasteiger partial charge in [-0.1, -0.05) is 35.9 Å². The lowest BCUT2D eigenvalue weighted by atomic mass is 9.98. The number of hydrogen-bond donors (Lipinski definition) is 0. The lowest BCUT2D eigenvalue weighted by Crippen LogP contribution is -2.28. The number of fused-ring (bicyclic) bond motifs is 1. The molecule has 0 bridgehead atoms. The summed E-state index contributed by atoms with van der Waals surface area (Å²) in [6, 6.07) is 15.9. The minimum atomic E-state index is 0.104. The summed E-state index contributed by atoms with van der Waals surface area (Å²) in [5, 5.41) is 1.95. The number of aryl methyl sites for hydroxylation is 1. The van der Waals surface area contributed by atoms with Crippen LogP contribution in [0.3, 0.4) is 0 Å². The fourth-order valence-electron chi connectivity index (χ4n) is 3.58. The largest absolute Gasteiger partial charge is 0.351 e. The molecule has 0 unspecified atom stereocenters. The van der Waals surface area contributed by atoms with Crippen molar-refractivity contribution < 1.29 is 4.79 Å². The number of carbonyl (C=O) groups is 1. The van der Waals surface area contributed by atoms with Gasteiger partial charge in [-0.2, -0.15) is 0 Å². The minimum absolute atomic E-state index is 0.104. The number of rotatable bonds is 2. The molecular formula is C20H19ClN2O. The van der Waals surface area contributed by atoms with Crippen molar-refractivity contribution in [2.24, 2.45) is 7.05 Å². The summed E-state index contributed by atoms with van der Waals surface area (Å²) in [6.07, 6.45) is 2.98. The van der Waals surface area contributed by atoms with Gasteiger partial charge in [-0.25, -0.2) is 0 Å². The monoisotopic (exact) mass is 338 g/mol. The Bertz CT molecular complexity index is 915. The number of benzene rings is 2. The Morgan fingerprint density at radius 2 is 2.00 bits per heavy atom. The molecule has 1 fully saturated rings. The summed E-state index contributed by atoms with van der Waals surface area (Å²) >= 11 is 6.31. The molecule has 3 nitrogen and oxygen atoms in total. The molecular weight excluding hydrogens is 320 g/mol. The van der Waals surface area contributed by atoms with E-state index in [1.54, 1.807) is 0 Å². The molecule has 24 heavy (non-hydrogen) atoms. The number of nitrogens with zero attached hydrogens (tertiary/aromatic N) is 2. The molecule has 1 aliphatic rings. The molecule has 0 saturated carbocycles. The molecule has 0 aliphatic carbocycles. The summed E-state index contributed by atoms with van der Waals surface area (Å²) in [7, 11) is 2.00. The van der Waals surface area contributed by atoms with Crippen molar-refractivity contribution in [1.29, 1.82) is 0 Å². The van der Waals surface area contributed by atoms with E-state index in [0.29, 0.717) is 5.92 Å². The summed E-state index contributed by atoms with van der Waals surface area (Å²) in [5.74, 6) is 0.425. The van der Waals surface area contributed by atoms with Gasteiger partial charge in [0.2, 0.25) is 0 Å². The van der Waals surface area contributed by atoms with Crippen LogP contribution in [0.15, 0.2) is 54.7 Å². The maximum absolute atomic E-state index is 12.9. The SMILES string of the molecule is Cn1ccc2ccc(C(=O)N3CC[C@@H](c4ccccc4Cl)C3)cc21. The lowest BCUT2D eigenvalue weighted by molar-refractivity contribution is 0.0791.